The summed E-state index contributed by atoms with van der Waals surface area (Å²) in [6.07, 6.45) is 5.35. The summed E-state index contributed by atoms with van der Waals surface area (Å²) in [6.45, 7) is 0.682. The van der Waals surface area contributed by atoms with Gasteiger partial charge >= 0.3 is 0 Å². The number of pyridine rings is 1. The Hall–Kier alpha value is -1.75. The summed E-state index contributed by atoms with van der Waals surface area (Å²) in [5.74, 6) is -0.564. The number of hydrogen-bond acceptors (Lipinski definition) is 2. The van der Waals surface area contributed by atoms with Gasteiger partial charge in [-0.25, -0.2) is 4.39 Å². The zero-order valence-electron chi connectivity index (χ0n) is 11.3. The molecule has 3 nitrogen and oxygen atoms in total. The number of nitrogens with zero attached hydrogens (tertiary/aromatic N) is 2. The Kier molecular flexibility index (Phi) is 4.01. The largest absolute Gasteiger partial charge is 0.332 e. The summed E-state index contributed by atoms with van der Waals surface area (Å²) in [4.78, 5) is 18.6. The van der Waals surface area contributed by atoms with E-state index in [2.05, 4.69) is 20.9 Å². The van der Waals surface area contributed by atoms with Gasteiger partial charge in [-0.05, 0) is 52.5 Å². The van der Waals surface area contributed by atoms with E-state index in [1.807, 2.05) is 12.1 Å². The average Bonchev–Trinajstić information content (AvgIpc) is 3.00. The van der Waals surface area contributed by atoms with Gasteiger partial charge in [0, 0.05) is 18.9 Å². The quantitative estimate of drug-likeness (QED) is 0.822. The molecule has 0 N–H and O–H groups in total. The maximum atomic E-state index is 13.6. The number of aromatic nitrogens is 1. The summed E-state index contributed by atoms with van der Waals surface area (Å²) >= 11 is 3.17. The van der Waals surface area contributed by atoms with E-state index in [1.165, 1.54) is 6.07 Å². The second-order valence-corrected chi connectivity index (χ2v) is 5.84. The molecule has 1 aromatic heterocycles. The SMILES string of the molecule is O=C(c1cccc(F)c1Br)N1CCCC1c1cccnc1. The summed E-state index contributed by atoms with van der Waals surface area (Å²) in [5.41, 5.74) is 1.39. The molecule has 1 amide bonds. The molecule has 1 saturated heterocycles. The molecule has 1 aliphatic rings. The highest BCUT2D eigenvalue weighted by Gasteiger charge is 2.31. The first-order chi connectivity index (χ1) is 10.2. The third-order valence-corrected chi connectivity index (χ3v) is 4.57. The second-order valence-electron chi connectivity index (χ2n) is 5.04. The molecule has 0 radical (unpaired) electrons. The van der Waals surface area contributed by atoms with E-state index in [-0.39, 0.29) is 16.4 Å². The summed E-state index contributed by atoms with van der Waals surface area (Å²) in [7, 11) is 0. The van der Waals surface area contributed by atoms with Crippen molar-refractivity contribution in [1.29, 1.82) is 0 Å². The van der Waals surface area contributed by atoms with E-state index >= 15 is 0 Å². The molecule has 2 aromatic rings. The molecule has 0 bridgehead atoms. The maximum absolute atomic E-state index is 13.6. The number of halogens is 2. The molecule has 0 saturated carbocycles. The highest BCUT2D eigenvalue weighted by molar-refractivity contribution is 9.10. The first kappa shape index (κ1) is 14.2. The van der Waals surface area contributed by atoms with Crippen LogP contribution in [0.3, 0.4) is 0 Å². The molecule has 2 heterocycles. The van der Waals surface area contributed by atoms with Crippen LogP contribution in [0.15, 0.2) is 47.2 Å². The lowest BCUT2D eigenvalue weighted by atomic mass is 10.1. The lowest BCUT2D eigenvalue weighted by Crippen LogP contribution is -2.31. The molecule has 3 rings (SSSR count). The highest BCUT2D eigenvalue weighted by atomic mass is 79.9. The zero-order chi connectivity index (χ0) is 14.8. The van der Waals surface area contributed by atoms with Crippen molar-refractivity contribution in [2.75, 3.05) is 6.54 Å². The van der Waals surface area contributed by atoms with Gasteiger partial charge in [0.15, 0.2) is 0 Å². The van der Waals surface area contributed by atoms with Gasteiger partial charge in [0.05, 0.1) is 16.1 Å². The molecule has 21 heavy (non-hydrogen) atoms. The van der Waals surface area contributed by atoms with Crippen LogP contribution >= 0.6 is 15.9 Å². The van der Waals surface area contributed by atoms with E-state index in [1.54, 1.807) is 29.4 Å². The fourth-order valence-electron chi connectivity index (χ4n) is 2.75. The van der Waals surface area contributed by atoms with E-state index < -0.39 is 5.82 Å². The molecular weight excluding hydrogens is 335 g/mol. The zero-order valence-corrected chi connectivity index (χ0v) is 12.9. The molecular formula is C16H14BrFN2O. The van der Waals surface area contributed by atoms with Gasteiger partial charge in [0.25, 0.3) is 5.91 Å². The third-order valence-electron chi connectivity index (χ3n) is 3.76. The topological polar surface area (TPSA) is 33.2 Å². The number of hydrogen-bond donors (Lipinski definition) is 0. The standard InChI is InChI=1S/C16H14BrFN2O/c17-15-12(5-1-6-13(15)18)16(21)20-9-3-7-14(20)11-4-2-8-19-10-11/h1-2,4-6,8,10,14H,3,7,9H2. The number of carbonyl (C=O) groups excluding carboxylic acids is 1. The molecule has 0 spiro atoms. The van der Waals surface area contributed by atoms with Crippen molar-refractivity contribution in [3.63, 3.8) is 0 Å². The Balaban J connectivity index is 1.92. The average molecular weight is 349 g/mol. The van der Waals surface area contributed by atoms with Crippen LogP contribution in [-0.4, -0.2) is 22.3 Å². The maximum Gasteiger partial charge on any atom is 0.255 e. The van der Waals surface area contributed by atoms with Gasteiger partial charge in [-0.2, -0.15) is 0 Å². The van der Waals surface area contributed by atoms with Crippen molar-refractivity contribution in [3.05, 3.63) is 64.1 Å². The second kappa shape index (κ2) is 5.93. The Labute approximate surface area is 130 Å². The van der Waals surface area contributed by atoms with E-state index in [4.69, 9.17) is 0 Å². The lowest BCUT2D eigenvalue weighted by Gasteiger charge is -2.25. The normalized spacial score (nSPS) is 18.0. The van der Waals surface area contributed by atoms with Crippen molar-refractivity contribution < 1.29 is 9.18 Å². The summed E-state index contributed by atoms with van der Waals surface area (Å²) in [6, 6.07) is 8.40. The summed E-state index contributed by atoms with van der Waals surface area (Å²) < 4.78 is 13.8. The van der Waals surface area contributed by atoms with Gasteiger partial charge in [0.2, 0.25) is 0 Å². The first-order valence-corrected chi connectivity index (χ1v) is 7.62. The van der Waals surface area contributed by atoms with Crippen LogP contribution in [-0.2, 0) is 0 Å². The van der Waals surface area contributed by atoms with Crippen molar-refractivity contribution >= 4 is 21.8 Å². The van der Waals surface area contributed by atoms with Gasteiger partial charge in [-0.1, -0.05) is 12.1 Å². The number of rotatable bonds is 2. The Morgan fingerprint density at radius 3 is 2.95 bits per heavy atom. The van der Waals surface area contributed by atoms with Crippen LogP contribution < -0.4 is 0 Å². The Morgan fingerprint density at radius 2 is 2.19 bits per heavy atom. The van der Waals surface area contributed by atoms with Gasteiger partial charge < -0.3 is 4.90 Å². The fourth-order valence-corrected chi connectivity index (χ4v) is 3.19. The Morgan fingerprint density at radius 1 is 1.33 bits per heavy atom. The minimum absolute atomic E-state index is 0.0152. The number of amides is 1. The monoisotopic (exact) mass is 348 g/mol. The predicted octanol–water partition coefficient (Wildman–Crippen LogP) is 3.96. The Bertz CT molecular complexity index is 663. The molecule has 1 fully saturated rings. The van der Waals surface area contributed by atoms with Crippen LogP contribution in [0.5, 0.6) is 0 Å². The van der Waals surface area contributed by atoms with Crippen LogP contribution in [0.4, 0.5) is 4.39 Å². The smallest absolute Gasteiger partial charge is 0.255 e. The van der Waals surface area contributed by atoms with Crippen LogP contribution in [0, 0.1) is 5.82 Å². The highest BCUT2D eigenvalue weighted by Crippen LogP contribution is 2.34. The van der Waals surface area contributed by atoms with Crippen molar-refractivity contribution in [1.82, 2.24) is 9.88 Å². The first-order valence-electron chi connectivity index (χ1n) is 6.83. The minimum atomic E-state index is -0.419. The van der Waals surface area contributed by atoms with Gasteiger partial charge in [-0.3, -0.25) is 9.78 Å². The number of benzene rings is 1. The van der Waals surface area contributed by atoms with Crippen molar-refractivity contribution in [2.45, 2.75) is 18.9 Å². The van der Waals surface area contributed by atoms with E-state index in [0.29, 0.717) is 12.1 Å². The molecule has 108 valence electrons. The molecule has 5 heteroatoms. The molecule has 0 aliphatic carbocycles. The van der Waals surface area contributed by atoms with Crippen LogP contribution in [0.25, 0.3) is 0 Å². The number of carbonyl (C=O) groups is 1. The van der Waals surface area contributed by atoms with Crippen molar-refractivity contribution in [2.24, 2.45) is 0 Å². The molecule has 1 aliphatic heterocycles. The minimum Gasteiger partial charge on any atom is -0.332 e. The van der Waals surface area contributed by atoms with Crippen LogP contribution in [0.2, 0.25) is 0 Å². The molecule has 1 atom stereocenters. The molecule has 1 unspecified atom stereocenters. The predicted molar refractivity (Wildman–Crippen MR) is 81.3 cm³/mol. The van der Waals surface area contributed by atoms with E-state index in [0.717, 1.165) is 18.4 Å². The fraction of sp³-hybridized carbons (Fsp3) is 0.250. The third kappa shape index (κ3) is 2.70. The number of likely N-dealkylation sites (tertiary alicyclic amines) is 1. The molecule has 1 aromatic carbocycles. The van der Waals surface area contributed by atoms with Crippen LogP contribution in [0.1, 0.15) is 34.8 Å². The van der Waals surface area contributed by atoms with Gasteiger partial charge in [0.1, 0.15) is 5.82 Å². The van der Waals surface area contributed by atoms with E-state index in [9.17, 15) is 9.18 Å². The van der Waals surface area contributed by atoms with Crippen molar-refractivity contribution in [3.8, 4) is 0 Å². The lowest BCUT2D eigenvalue weighted by molar-refractivity contribution is 0.0734. The summed E-state index contributed by atoms with van der Waals surface area (Å²) in [5, 5.41) is 0. The van der Waals surface area contributed by atoms with Gasteiger partial charge in [-0.15, -0.1) is 0 Å².